The van der Waals surface area contributed by atoms with Gasteiger partial charge in [0.25, 0.3) is 0 Å². The maximum Gasteiger partial charge on any atom is 0.330 e. The summed E-state index contributed by atoms with van der Waals surface area (Å²) in [6, 6.07) is 5.79. The van der Waals surface area contributed by atoms with Crippen LogP contribution in [0.15, 0.2) is 24.3 Å². The maximum absolute atomic E-state index is 13.8. The Morgan fingerprint density at radius 2 is 1.03 bits per heavy atom. The SMILES string of the molecule is CCCCOP(=O)(CC(CCOc1ccc(F)cc1)CP(=O)(OCCCC)OCCCC)OCCCC. The lowest BCUT2D eigenvalue weighted by Gasteiger charge is -2.27. The molecule has 0 heterocycles. The molecule has 0 aliphatic rings. The summed E-state index contributed by atoms with van der Waals surface area (Å²) in [5.74, 6) is -0.152. The molecule has 0 spiro atoms. The Bertz CT molecular complexity index is 723. The van der Waals surface area contributed by atoms with E-state index in [-0.39, 0.29) is 30.7 Å². The summed E-state index contributed by atoms with van der Waals surface area (Å²) in [5, 5.41) is 0. The van der Waals surface area contributed by atoms with Crippen LogP contribution in [-0.2, 0) is 27.2 Å². The van der Waals surface area contributed by atoms with E-state index in [1.165, 1.54) is 12.1 Å². The first-order chi connectivity index (χ1) is 17.8. The van der Waals surface area contributed by atoms with Gasteiger partial charge in [0.2, 0.25) is 0 Å². The molecule has 37 heavy (non-hydrogen) atoms. The van der Waals surface area contributed by atoms with Gasteiger partial charge in [-0.15, -0.1) is 0 Å². The van der Waals surface area contributed by atoms with Crippen molar-refractivity contribution in [3.8, 4) is 5.75 Å². The minimum Gasteiger partial charge on any atom is -0.494 e. The molecule has 1 rings (SSSR count). The van der Waals surface area contributed by atoms with E-state index >= 15 is 0 Å². The highest BCUT2D eigenvalue weighted by Gasteiger charge is 2.35. The number of halogens is 1. The Morgan fingerprint density at radius 1 is 0.649 bits per heavy atom. The molecule has 0 saturated heterocycles. The lowest BCUT2D eigenvalue weighted by Crippen LogP contribution is -2.20. The van der Waals surface area contributed by atoms with Gasteiger partial charge in [0.15, 0.2) is 0 Å². The average molecular weight is 567 g/mol. The normalized spacial score (nSPS) is 12.4. The molecule has 0 aromatic heterocycles. The van der Waals surface area contributed by atoms with Crippen LogP contribution in [-0.4, -0.2) is 45.4 Å². The van der Waals surface area contributed by atoms with Crippen molar-refractivity contribution in [2.75, 3.05) is 45.4 Å². The molecule has 7 nitrogen and oxygen atoms in total. The minimum absolute atomic E-state index is 0.103. The zero-order valence-corrected chi connectivity index (χ0v) is 25.1. The molecule has 1 aromatic carbocycles. The van der Waals surface area contributed by atoms with Crippen LogP contribution >= 0.6 is 15.2 Å². The molecule has 0 saturated carbocycles. The fourth-order valence-corrected chi connectivity index (χ4v) is 7.72. The second-order valence-electron chi connectivity index (χ2n) is 9.29. The van der Waals surface area contributed by atoms with Gasteiger partial charge in [-0.3, -0.25) is 9.13 Å². The van der Waals surface area contributed by atoms with Crippen molar-refractivity contribution in [3.63, 3.8) is 0 Å². The zero-order valence-electron chi connectivity index (χ0n) is 23.3. The highest BCUT2D eigenvalue weighted by molar-refractivity contribution is 7.55. The summed E-state index contributed by atoms with van der Waals surface area (Å²) < 4.78 is 69.8. The molecule has 10 heteroatoms. The monoisotopic (exact) mass is 566 g/mol. The van der Waals surface area contributed by atoms with Crippen LogP contribution in [0.4, 0.5) is 4.39 Å². The smallest absolute Gasteiger partial charge is 0.330 e. The molecule has 216 valence electrons. The molecule has 0 fully saturated rings. The lowest BCUT2D eigenvalue weighted by atomic mass is 10.1. The van der Waals surface area contributed by atoms with Crippen molar-refractivity contribution in [2.24, 2.45) is 5.92 Å². The van der Waals surface area contributed by atoms with Crippen LogP contribution in [0.5, 0.6) is 5.75 Å². The second kappa shape index (κ2) is 20.2. The largest absolute Gasteiger partial charge is 0.494 e. The second-order valence-corrected chi connectivity index (χ2v) is 13.5. The highest BCUT2D eigenvalue weighted by atomic mass is 31.2. The van der Waals surface area contributed by atoms with Gasteiger partial charge >= 0.3 is 15.2 Å². The van der Waals surface area contributed by atoms with Gasteiger partial charge in [0.05, 0.1) is 45.4 Å². The van der Waals surface area contributed by atoms with Gasteiger partial charge < -0.3 is 22.8 Å². The van der Waals surface area contributed by atoms with Crippen molar-refractivity contribution in [1.82, 2.24) is 0 Å². The molecule has 0 amide bonds. The molecule has 0 N–H and O–H groups in total. The van der Waals surface area contributed by atoms with Crippen molar-refractivity contribution < 1.29 is 36.4 Å². The quantitative estimate of drug-likeness (QED) is 0.0913. The van der Waals surface area contributed by atoms with E-state index in [4.69, 9.17) is 22.8 Å². The number of rotatable bonds is 24. The van der Waals surface area contributed by atoms with Gasteiger partial charge in [0, 0.05) is 0 Å². The molecule has 0 aliphatic heterocycles. The molecular weight excluding hydrogens is 517 g/mol. The van der Waals surface area contributed by atoms with E-state index in [2.05, 4.69) is 0 Å². The molecule has 1 aromatic rings. The van der Waals surface area contributed by atoms with E-state index < -0.39 is 15.2 Å². The van der Waals surface area contributed by atoms with Crippen molar-refractivity contribution in [1.29, 1.82) is 0 Å². The molecule has 0 bridgehead atoms. The van der Waals surface area contributed by atoms with E-state index in [0.29, 0.717) is 38.6 Å². The molecule has 0 atom stereocenters. The number of hydrogen-bond donors (Lipinski definition) is 0. The van der Waals surface area contributed by atoms with Gasteiger partial charge in [-0.2, -0.15) is 0 Å². The van der Waals surface area contributed by atoms with Crippen molar-refractivity contribution >= 4 is 15.2 Å². The minimum atomic E-state index is -3.44. The van der Waals surface area contributed by atoms with Crippen LogP contribution in [0.2, 0.25) is 0 Å². The maximum atomic E-state index is 13.8. The third-order valence-electron chi connectivity index (χ3n) is 5.72. The summed E-state index contributed by atoms with van der Waals surface area (Å²) in [6.45, 7) is 9.81. The number of benzene rings is 1. The highest BCUT2D eigenvalue weighted by Crippen LogP contribution is 2.56. The van der Waals surface area contributed by atoms with Crippen LogP contribution in [0.25, 0.3) is 0 Å². The average Bonchev–Trinajstić information content (AvgIpc) is 2.86. The zero-order chi connectivity index (χ0) is 27.4. The summed E-state index contributed by atoms with van der Waals surface area (Å²) in [7, 11) is -6.88. The lowest BCUT2D eigenvalue weighted by molar-refractivity contribution is 0.186. The van der Waals surface area contributed by atoms with Gasteiger partial charge in [-0.05, 0) is 62.3 Å². The molecule has 0 aliphatic carbocycles. The van der Waals surface area contributed by atoms with Crippen LogP contribution in [0.3, 0.4) is 0 Å². The first-order valence-electron chi connectivity index (χ1n) is 13.9. The molecular formula is C27H49FO7P2. The predicted molar refractivity (Wildman–Crippen MR) is 148 cm³/mol. The number of hydrogen-bond acceptors (Lipinski definition) is 7. The summed E-state index contributed by atoms with van der Waals surface area (Å²) in [5.41, 5.74) is 0. The number of ether oxygens (including phenoxy) is 1. The summed E-state index contributed by atoms with van der Waals surface area (Å²) in [4.78, 5) is 0. The third-order valence-corrected chi connectivity index (χ3v) is 9.95. The Labute approximate surface area is 224 Å². The Balaban J connectivity index is 3.04. The van der Waals surface area contributed by atoms with E-state index in [0.717, 1.165) is 51.4 Å². The van der Waals surface area contributed by atoms with E-state index in [1.807, 2.05) is 27.7 Å². The first-order valence-corrected chi connectivity index (χ1v) is 17.4. The Kier molecular flexibility index (Phi) is 18.7. The Hall–Kier alpha value is -0.750. The molecule has 0 unspecified atom stereocenters. The van der Waals surface area contributed by atoms with Crippen molar-refractivity contribution in [2.45, 2.75) is 85.5 Å². The van der Waals surface area contributed by atoms with Crippen LogP contribution in [0.1, 0.15) is 85.5 Å². The fraction of sp³-hybridized carbons (Fsp3) is 0.778. The van der Waals surface area contributed by atoms with E-state index in [1.54, 1.807) is 12.1 Å². The van der Waals surface area contributed by atoms with Crippen molar-refractivity contribution in [3.05, 3.63) is 30.1 Å². The fourth-order valence-electron chi connectivity index (χ4n) is 3.42. The van der Waals surface area contributed by atoms with Gasteiger partial charge in [0.1, 0.15) is 11.6 Å². The molecule has 0 radical (unpaired) electrons. The number of unbranched alkanes of at least 4 members (excludes halogenated alkanes) is 4. The van der Waals surface area contributed by atoms with Gasteiger partial charge in [-0.25, -0.2) is 4.39 Å². The topological polar surface area (TPSA) is 80.3 Å². The summed E-state index contributed by atoms with van der Waals surface area (Å²) in [6.07, 6.45) is 7.40. The summed E-state index contributed by atoms with van der Waals surface area (Å²) >= 11 is 0. The van der Waals surface area contributed by atoms with E-state index in [9.17, 15) is 13.5 Å². The van der Waals surface area contributed by atoms with Crippen LogP contribution < -0.4 is 4.74 Å². The van der Waals surface area contributed by atoms with Gasteiger partial charge in [-0.1, -0.05) is 53.4 Å². The standard InChI is InChI=1S/C27H49FO7P2/c1-5-9-18-32-36(29,33-19-10-6-2)23-25(17-22-31-27-15-13-26(28)14-16-27)24-37(30,34-20-11-7-3)35-21-12-8-4/h13-16,25H,5-12,17-24H2,1-4H3. The Morgan fingerprint density at radius 3 is 1.38 bits per heavy atom. The van der Waals surface area contributed by atoms with Crippen LogP contribution in [0, 0.1) is 11.7 Å². The third kappa shape index (κ3) is 16.1. The predicted octanol–water partition coefficient (Wildman–Crippen LogP) is 8.86. The first kappa shape index (κ1) is 34.3.